The van der Waals surface area contributed by atoms with Crippen molar-refractivity contribution < 1.29 is 54.9 Å². The van der Waals surface area contributed by atoms with Gasteiger partial charge in [-0.15, -0.1) is 51.2 Å². The molecular weight excluding hydrogens is 990 g/mol. The average Bonchev–Trinajstić information content (AvgIpc) is 3.85. The fraction of sp³-hybridized carbons (Fsp3) is 0.346. The number of halogens is 8. The summed E-state index contributed by atoms with van der Waals surface area (Å²) in [6.45, 7) is 13.8. The predicted molar refractivity (Wildman–Crippen MR) is 270 cm³/mol. The Labute approximate surface area is 427 Å². The maximum atomic E-state index is 13.1. The number of morpholine rings is 2. The highest BCUT2D eigenvalue weighted by Crippen LogP contribution is 2.31. The molecule has 0 bridgehead atoms. The van der Waals surface area contributed by atoms with Gasteiger partial charge in [0.05, 0.1) is 37.6 Å². The third-order valence-electron chi connectivity index (χ3n) is 11.9. The summed E-state index contributed by atoms with van der Waals surface area (Å²) in [6, 6.07) is 33.8. The fourth-order valence-electron chi connectivity index (χ4n) is 8.52. The SMILES string of the molecule is Cc1c(C(=O)Nc2cccc(OC(F)(F)F)c2)cc(-c2ccccc2)n1CCCN1CCOCC1.Cc1c(C(=O)Nc2cccc(OC(F)(F)F)c2)cc(-c2ccccc2)n1CCCN1CCOCC1.Cl.Cl. The van der Waals surface area contributed by atoms with Crippen LogP contribution in [0, 0.1) is 13.8 Å². The molecule has 2 N–H and O–H groups in total. The largest absolute Gasteiger partial charge is 0.573 e. The van der Waals surface area contributed by atoms with Gasteiger partial charge in [0.2, 0.25) is 0 Å². The Morgan fingerprint density at radius 1 is 0.514 bits per heavy atom. The van der Waals surface area contributed by atoms with Gasteiger partial charge in [0.15, 0.2) is 0 Å². The number of alkyl halides is 6. The van der Waals surface area contributed by atoms with E-state index in [1.165, 1.54) is 36.4 Å². The summed E-state index contributed by atoms with van der Waals surface area (Å²) in [5.41, 5.74) is 6.79. The maximum Gasteiger partial charge on any atom is 0.573 e. The highest BCUT2D eigenvalue weighted by atomic mass is 35.5. The lowest BCUT2D eigenvalue weighted by molar-refractivity contribution is -0.275. The van der Waals surface area contributed by atoms with Gasteiger partial charge in [0.25, 0.3) is 11.8 Å². The molecule has 72 heavy (non-hydrogen) atoms. The summed E-state index contributed by atoms with van der Waals surface area (Å²) in [7, 11) is 0. The minimum absolute atomic E-state index is 0. The number of aromatic nitrogens is 2. The normalized spacial score (nSPS) is 14.2. The third kappa shape index (κ3) is 16.5. The number of carbonyl (C=O) groups excluding carboxylic acids is 2. The molecule has 0 unspecified atom stereocenters. The molecule has 12 nitrogen and oxygen atoms in total. The predicted octanol–water partition coefficient (Wildman–Crippen LogP) is 11.5. The van der Waals surface area contributed by atoms with E-state index in [4.69, 9.17) is 9.47 Å². The molecule has 2 fully saturated rings. The molecule has 8 rings (SSSR count). The van der Waals surface area contributed by atoms with Gasteiger partial charge in [0, 0.05) is 98.6 Å². The first-order valence-electron chi connectivity index (χ1n) is 23.1. The number of anilines is 2. The van der Waals surface area contributed by atoms with Crippen LogP contribution in [0.25, 0.3) is 22.5 Å². The number of rotatable bonds is 16. The minimum atomic E-state index is -4.80. The van der Waals surface area contributed by atoms with E-state index < -0.39 is 36.0 Å². The van der Waals surface area contributed by atoms with Crippen molar-refractivity contribution in [1.82, 2.24) is 18.9 Å². The Bertz CT molecular complexity index is 2470. The van der Waals surface area contributed by atoms with Gasteiger partial charge >= 0.3 is 12.7 Å². The third-order valence-corrected chi connectivity index (χ3v) is 11.9. The van der Waals surface area contributed by atoms with Crippen LogP contribution in [-0.2, 0) is 22.6 Å². The smallest absolute Gasteiger partial charge is 0.406 e. The maximum absolute atomic E-state index is 13.1. The number of benzene rings is 4. The number of nitrogens with one attached hydrogen (secondary N) is 2. The molecule has 0 saturated carbocycles. The molecule has 0 radical (unpaired) electrons. The van der Waals surface area contributed by atoms with Crippen LogP contribution in [0.3, 0.4) is 0 Å². The molecule has 0 spiro atoms. The molecule has 2 aliphatic heterocycles. The highest BCUT2D eigenvalue weighted by molar-refractivity contribution is 6.07. The summed E-state index contributed by atoms with van der Waals surface area (Å²) >= 11 is 0. The Morgan fingerprint density at radius 3 is 1.22 bits per heavy atom. The van der Waals surface area contributed by atoms with Crippen LogP contribution >= 0.6 is 24.8 Å². The summed E-state index contributed by atoms with van der Waals surface area (Å²) in [6.07, 6.45) is -7.79. The molecule has 2 aliphatic rings. The molecule has 2 aromatic heterocycles. The van der Waals surface area contributed by atoms with E-state index in [0.717, 1.165) is 138 Å². The van der Waals surface area contributed by atoms with Crippen molar-refractivity contribution in [2.45, 2.75) is 52.5 Å². The van der Waals surface area contributed by atoms with Gasteiger partial charge in [0.1, 0.15) is 11.5 Å². The summed E-state index contributed by atoms with van der Waals surface area (Å²) in [5, 5.41) is 5.41. The summed E-state index contributed by atoms with van der Waals surface area (Å²) < 4.78 is 98.4. The lowest BCUT2D eigenvalue weighted by Crippen LogP contribution is -2.37. The van der Waals surface area contributed by atoms with Gasteiger partial charge in [-0.3, -0.25) is 19.4 Å². The van der Waals surface area contributed by atoms with Gasteiger partial charge in [-0.2, -0.15) is 0 Å². The Balaban J connectivity index is 0.000000260. The molecule has 2 saturated heterocycles. The fourth-order valence-corrected chi connectivity index (χ4v) is 8.52. The van der Waals surface area contributed by atoms with E-state index in [9.17, 15) is 35.9 Å². The van der Waals surface area contributed by atoms with Crippen molar-refractivity contribution in [2.75, 3.05) is 76.3 Å². The number of hydrogen-bond acceptors (Lipinski definition) is 8. The van der Waals surface area contributed by atoms with Gasteiger partial charge in [-0.1, -0.05) is 72.8 Å². The van der Waals surface area contributed by atoms with Crippen LogP contribution in [0.1, 0.15) is 44.9 Å². The van der Waals surface area contributed by atoms with Crippen LogP contribution in [-0.4, -0.2) is 109 Å². The molecule has 20 heteroatoms. The molecule has 6 aromatic rings. The average molecular weight is 1050 g/mol. The molecule has 2 amide bonds. The zero-order valence-electron chi connectivity index (χ0n) is 39.8. The number of ether oxygens (including phenoxy) is 4. The van der Waals surface area contributed by atoms with Crippen molar-refractivity contribution in [3.8, 4) is 34.0 Å². The quantitative estimate of drug-likeness (QED) is 0.0922. The lowest BCUT2D eigenvalue weighted by Gasteiger charge is -2.26. The second kappa shape index (κ2) is 26.6. The van der Waals surface area contributed by atoms with Crippen LogP contribution < -0.4 is 20.1 Å². The first-order chi connectivity index (χ1) is 33.6. The summed E-state index contributed by atoms with van der Waals surface area (Å²) in [4.78, 5) is 31.0. The molecule has 0 aliphatic carbocycles. The van der Waals surface area contributed by atoms with Crippen LogP contribution in [0.4, 0.5) is 37.7 Å². The van der Waals surface area contributed by atoms with Crippen molar-refractivity contribution in [3.63, 3.8) is 0 Å². The second-order valence-electron chi connectivity index (χ2n) is 16.8. The highest BCUT2D eigenvalue weighted by Gasteiger charge is 2.32. The topological polar surface area (TPSA) is 111 Å². The van der Waals surface area contributed by atoms with E-state index >= 15 is 0 Å². The molecule has 0 atom stereocenters. The standard InChI is InChI=1S/2C26H28F3N3O3.2ClH/c2*1-19-23(25(33)30-21-9-5-10-22(17-21)35-26(27,28)29)18-24(20-7-3-2-4-8-20)32(19)12-6-11-31-13-15-34-16-14-31;;/h2*2-5,7-10,17-18H,6,11-16H2,1H3,(H,30,33);2*1H. The van der Waals surface area contributed by atoms with E-state index in [-0.39, 0.29) is 36.2 Å². The van der Waals surface area contributed by atoms with Gasteiger partial charge in [-0.25, -0.2) is 0 Å². The Morgan fingerprint density at radius 2 is 0.875 bits per heavy atom. The number of hydrogen-bond donors (Lipinski definition) is 2. The van der Waals surface area contributed by atoms with E-state index in [0.29, 0.717) is 11.1 Å². The molecular formula is C52H58Cl2F6N6O6. The van der Waals surface area contributed by atoms with E-state index in [1.807, 2.05) is 86.6 Å². The van der Waals surface area contributed by atoms with E-state index in [2.05, 4.69) is 39.0 Å². The zero-order chi connectivity index (χ0) is 49.7. The summed E-state index contributed by atoms with van der Waals surface area (Å²) in [5.74, 6) is -1.57. The van der Waals surface area contributed by atoms with Crippen molar-refractivity contribution >= 4 is 48.0 Å². The molecule has 4 heterocycles. The van der Waals surface area contributed by atoms with Crippen molar-refractivity contribution in [1.29, 1.82) is 0 Å². The first-order valence-corrected chi connectivity index (χ1v) is 23.1. The number of carbonyl (C=O) groups is 2. The van der Waals surface area contributed by atoms with Gasteiger partial charge in [-0.05, 0) is 74.2 Å². The Kier molecular flexibility index (Phi) is 21.0. The monoisotopic (exact) mass is 1050 g/mol. The van der Waals surface area contributed by atoms with Crippen LogP contribution in [0.2, 0.25) is 0 Å². The van der Waals surface area contributed by atoms with Crippen molar-refractivity contribution in [3.05, 3.63) is 144 Å². The first kappa shape index (κ1) is 56.9. The lowest BCUT2D eigenvalue weighted by atomic mass is 10.1. The van der Waals surface area contributed by atoms with Crippen LogP contribution in [0.15, 0.2) is 121 Å². The Hall–Kier alpha value is -6.02. The number of nitrogens with zero attached hydrogens (tertiary/aromatic N) is 4. The molecule has 388 valence electrons. The van der Waals surface area contributed by atoms with E-state index in [1.54, 1.807) is 0 Å². The van der Waals surface area contributed by atoms with Crippen LogP contribution in [0.5, 0.6) is 11.5 Å². The van der Waals surface area contributed by atoms with Gasteiger partial charge < -0.3 is 38.7 Å². The second-order valence-corrected chi connectivity index (χ2v) is 16.8. The van der Waals surface area contributed by atoms with Crippen molar-refractivity contribution in [2.24, 2.45) is 0 Å². The zero-order valence-corrected chi connectivity index (χ0v) is 41.4. The molecule has 4 aromatic carbocycles. The minimum Gasteiger partial charge on any atom is -0.406 e. The number of amides is 2.